The van der Waals surface area contributed by atoms with Gasteiger partial charge in [-0.1, -0.05) is 17.7 Å². The number of amides is 1. The van der Waals surface area contributed by atoms with Crippen molar-refractivity contribution in [1.82, 2.24) is 19.7 Å². The van der Waals surface area contributed by atoms with Crippen molar-refractivity contribution < 1.29 is 14.3 Å². The molecule has 0 unspecified atom stereocenters. The molecule has 3 aromatic carbocycles. The van der Waals surface area contributed by atoms with Gasteiger partial charge in [0.2, 0.25) is 5.95 Å². The number of methoxy groups -OCH3 is 2. The molecule has 0 aliphatic heterocycles. The predicted molar refractivity (Wildman–Crippen MR) is 161 cm³/mol. The zero-order chi connectivity index (χ0) is 28.9. The zero-order valence-electron chi connectivity index (χ0n) is 23.5. The minimum absolute atomic E-state index is 0.285. The lowest BCUT2D eigenvalue weighted by Gasteiger charge is -2.11. The molecule has 3 N–H and O–H groups in total. The predicted octanol–water partition coefficient (Wildman–Crippen LogP) is 6.25. The normalized spacial score (nSPS) is 10.7. The summed E-state index contributed by atoms with van der Waals surface area (Å²) >= 11 is 0. The van der Waals surface area contributed by atoms with Gasteiger partial charge >= 0.3 is 0 Å². The van der Waals surface area contributed by atoms with E-state index in [1.807, 2.05) is 86.6 Å². The highest BCUT2D eigenvalue weighted by Gasteiger charge is 2.18. The minimum Gasteiger partial charge on any atom is -0.497 e. The Kier molecular flexibility index (Phi) is 7.82. The van der Waals surface area contributed by atoms with Crippen molar-refractivity contribution in [3.63, 3.8) is 0 Å². The summed E-state index contributed by atoms with van der Waals surface area (Å²) in [5.41, 5.74) is 6.11. The molecule has 10 heteroatoms. The Morgan fingerprint density at radius 3 is 2.17 bits per heavy atom. The second-order valence-electron chi connectivity index (χ2n) is 9.47. The average molecular weight is 550 g/mol. The van der Waals surface area contributed by atoms with Gasteiger partial charge < -0.3 is 25.4 Å². The Balaban J connectivity index is 1.27. The van der Waals surface area contributed by atoms with Crippen LogP contribution >= 0.6 is 0 Å². The molecule has 0 spiro atoms. The second-order valence-corrected chi connectivity index (χ2v) is 9.47. The van der Waals surface area contributed by atoms with E-state index in [1.54, 1.807) is 32.0 Å². The summed E-state index contributed by atoms with van der Waals surface area (Å²) in [5, 5.41) is 14.0. The summed E-state index contributed by atoms with van der Waals surface area (Å²) in [5.74, 6) is 2.17. The number of aromatic nitrogens is 4. The van der Waals surface area contributed by atoms with Crippen LogP contribution in [0, 0.1) is 13.8 Å². The van der Waals surface area contributed by atoms with Gasteiger partial charge in [0.15, 0.2) is 0 Å². The van der Waals surface area contributed by atoms with E-state index in [-0.39, 0.29) is 5.91 Å². The van der Waals surface area contributed by atoms with Crippen molar-refractivity contribution >= 4 is 34.7 Å². The lowest BCUT2D eigenvalue weighted by atomic mass is 10.1. The zero-order valence-corrected chi connectivity index (χ0v) is 23.5. The maximum absolute atomic E-state index is 13.1. The topological polar surface area (TPSA) is 115 Å². The number of rotatable bonds is 9. The molecule has 5 rings (SSSR count). The largest absolute Gasteiger partial charge is 0.497 e. The van der Waals surface area contributed by atoms with Gasteiger partial charge in [-0.3, -0.25) is 9.48 Å². The molecule has 2 heterocycles. The molecule has 10 nitrogen and oxygen atoms in total. The fraction of sp³-hybridized carbons (Fsp3) is 0.161. The maximum Gasteiger partial charge on any atom is 0.273 e. The number of aryl methyl sites for hydroxylation is 3. The monoisotopic (exact) mass is 549 g/mol. The van der Waals surface area contributed by atoms with E-state index in [2.05, 4.69) is 31.0 Å². The molecular formula is C31H31N7O3. The lowest BCUT2D eigenvalue weighted by molar-refractivity contribution is 0.101. The summed E-state index contributed by atoms with van der Waals surface area (Å²) in [6.45, 7) is 3.96. The highest BCUT2D eigenvalue weighted by atomic mass is 16.5. The van der Waals surface area contributed by atoms with E-state index in [9.17, 15) is 4.79 Å². The van der Waals surface area contributed by atoms with Crippen LogP contribution in [0.5, 0.6) is 11.5 Å². The summed E-state index contributed by atoms with van der Waals surface area (Å²) in [6, 6.07) is 24.5. The first-order valence-corrected chi connectivity index (χ1v) is 13.0. The van der Waals surface area contributed by atoms with Crippen molar-refractivity contribution in [2.45, 2.75) is 13.8 Å². The Morgan fingerprint density at radius 1 is 0.780 bits per heavy atom. The van der Waals surface area contributed by atoms with Crippen LogP contribution in [0.4, 0.5) is 28.8 Å². The van der Waals surface area contributed by atoms with E-state index in [1.165, 1.54) is 5.56 Å². The Hall–Kier alpha value is -5.38. The van der Waals surface area contributed by atoms with Crippen LogP contribution in [-0.2, 0) is 7.05 Å². The number of carbonyl (C=O) groups excluding carboxylic acids is 1. The number of hydrogen-bond acceptors (Lipinski definition) is 8. The molecule has 1 amide bonds. The Labute approximate surface area is 238 Å². The SMILES string of the molecule is COc1ccc(OC)c(-c2cc(C(=O)Nc3ccc(Nc4cc(C)nc(Nc5ccc(C)cc5)n4)cc3)n(C)n2)c1. The van der Waals surface area contributed by atoms with Gasteiger partial charge in [0, 0.05) is 41.4 Å². The molecular weight excluding hydrogens is 518 g/mol. The standard InChI is InChI=1S/C31H31N7O3/c1-19-6-8-23(9-7-19)35-31-32-20(2)16-29(36-31)33-21-10-12-22(13-11-21)34-30(39)27-18-26(37-38(27)3)25-17-24(40-4)14-15-28(25)41-5/h6-18H,1-5H3,(H,34,39)(H2,32,33,35,36). The molecule has 2 aromatic heterocycles. The number of nitrogens with one attached hydrogen (secondary N) is 3. The summed E-state index contributed by atoms with van der Waals surface area (Å²) in [7, 11) is 4.91. The van der Waals surface area contributed by atoms with Gasteiger partial charge in [0.05, 0.1) is 19.9 Å². The molecule has 208 valence electrons. The molecule has 0 saturated heterocycles. The molecule has 0 saturated carbocycles. The van der Waals surface area contributed by atoms with Crippen molar-refractivity contribution in [3.05, 3.63) is 95.8 Å². The molecule has 0 radical (unpaired) electrons. The van der Waals surface area contributed by atoms with Gasteiger partial charge in [-0.2, -0.15) is 10.1 Å². The van der Waals surface area contributed by atoms with Crippen LogP contribution in [0.1, 0.15) is 21.7 Å². The van der Waals surface area contributed by atoms with Crippen LogP contribution in [0.15, 0.2) is 78.9 Å². The molecule has 0 bridgehead atoms. The van der Waals surface area contributed by atoms with Gasteiger partial charge in [0.25, 0.3) is 5.91 Å². The molecule has 5 aromatic rings. The first-order valence-electron chi connectivity index (χ1n) is 13.0. The Bertz CT molecular complexity index is 1680. The van der Waals surface area contributed by atoms with E-state index in [0.29, 0.717) is 40.3 Å². The summed E-state index contributed by atoms with van der Waals surface area (Å²) < 4.78 is 12.4. The number of ether oxygens (including phenoxy) is 2. The van der Waals surface area contributed by atoms with Crippen molar-refractivity contribution in [3.8, 4) is 22.8 Å². The smallest absolute Gasteiger partial charge is 0.273 e. The van der Waals surface area contributed by atoms with E-state index in [0.717, 1.165) is 22.6 Å². The third-order valence-electron chi connectivity index (χ3n) is 6.37. The highest BCUT2D eigenvalue weighted by molar-refractivity contribution is 6.03. The van der Waals surface area contributed by atoms with Crippen LogP contribution in [0.2, 0.25) is 0 Å². The van der Waals surface area contributed by atoms with Crippen molar-refractivity contribution in [1.29, 1.82) is 0 Å². The molecule has 0 aliphatic rings. The van der Waals surface area contributed by atoms with Crippen LogP contribution < -0.4 is 25.4 Å². The highest BCUT2D eigenvalue weighted by Crippen LogP contribution is 2.33. The number of benzene rings is 3. The van der Waals surface area contributed by atoms with E-state index in [4.69, 9.17) is 9.47 Å². The fourth-order valence-electron chi connectivity index (χ4n) is 4.26. The molecule has 0 aliphatic carbocycles. The number of anilines is 5. The van der Waals surface area contributed by atoms with Gasteiger partial charge in [-0.05, 0) is 74.5 Å². The minimum atomic E-state index is -0.285. The molecule has 0 fully saturated rings. The van der Waals surface area contributed by atoms with Gasteiger partial charge in [-0.15, -0.1) is 0 Å². The van der Waals surface area contributed by atoms with Gasteiger partial charge in [-0.25, -0.2) is 4.98 Å². The fourth-order valence-corrected chi connectivity index (χ4v) is 4.26. The first kappa shape index (κ1) is 27.2. The second kappa shape index (κ2) is 11.8. The summed E-state index contributed by atoms with van der Waals surface area (Å²) in [4.78, 5) is 22.2. The third-order valence-corrected chi connectivity index (χ3v) is 6.37. The van der Waals surface area contributed by atoms with Gasteiger partial charge in [0.1, 0.15) is 23.0 Å². The Morgan fingerprint density at radius 2 is 1.46 bits per heavy atom. The van der Waals surface area contributed by atoms with E-state index < -0.39 is 0 Å². The first-order chi connectivity index (χ1) is 19.8. The van der Waals surface area contributed by atoms with Crippen molar-refractivity contribution in [2.24, 2.45) is 7.05 Å². The number of nitrogens with zero attached hydrogens (tertiary/aromatic N) is 4. The summed E-state index contributed by atoms with van der Waals surface area (Å²) in [6.07, 6.45) is 0. The van der Waals surface area contributed by atoms with Crippen LogP contribution in [-0.4, -0.2) is 39.9 Å². The van der Waals surface area contributed by atoms with Crippen molar-refractivity contribution in [2.75, 3.05) is 30.2 Å². The number of hydrogen-bond donors (Lipinski definition) is 3. The van der Waals surface area contributed by atoms with Crippen LogP contribution in [0.25, 0.3) is 11.3 Å². The van der Waals surface area contributed by atoms with Crippen LogP contribution in [0.3, 0.4) is 0 Å². The number of carbonyl (C=O) groups is 1. The molecule has 41 heavy (non-hydrogen) atoms. The third kappa shape index (κ3) is 6.44. The lowest BCUT2D eigenvalue weighted by Crippen LogP contribution is -2.16. The quantitative estimate of drug-likeness (QED) is 0.198. The molecule has 0 atom stereocenters. The maximum atomic E-state index is 13.1. The average Bonchev–Trinajstić information content (AvgIpc) is 3.36. The van der Waals surface area contributed by atoms with E-state index >= 15 is 0 Å².